The molecule has 1 saturated heterocycles. The van der Waals surface area contributed by atoms with E-state index in [-0.39, 0.29) is 17.6 Å². The third kappa shape index (κ3) is 4.63. The fourth-order valence-corrected chi connectivity index (χ4v) is 3.44. The summed E-state index contributed by atoms with van der Waals surface area (Å²) in [4.78, 5) is 13.3. The van der Waals surface area contributed by atoms with Gasteiger partial charge in [-0.05, 0) is 18.8 Å². The van der Waals surface area contributed by atoms with E-state index in [4.69, 9.17) is 5.73 Å². The van der Waals surface area contributed by atoms with Crippen LogP contribution in [0.15, 0.2) is 0 Å². The molecule has 0 aromatic carbocycles. The smallest absolute Gasteiger partial charge is 0.237 e. The van der Waals surface area contributed by atoms with Gasteiger partial charge in [0.25, 0.3) is 0 Å². The SMILES string of the molecule is CC(C)C(N)CS(=O)(=O)CC(=O)N1CCCC1. The van der Waals surface area contributed by atoms with Crippen LogP contribution in [0.4, 0.5) is 0 Å². The predicted molar refractivity (Wildman–Crippen MR) is 67.3 cm³/mol. The number of nitrogens with zero attached hydrogens (tertiary/aromatic N) is 1. The van der Waals surface area contributed by atoms with Crippen LogP contribution in [0.25, 0.3) is 0 Å². The first kappa shape index (κ1) is 14.4. The zero-order chi connectivity index (χ0) is 13.1. The lowest BCUT2D eigenvalue weighted by Crippen LogP contribution is -2.39. The number of carbonyl (C=O) groups is 1. The minimum atomic E-state index is -3.38. The molecule has 100 valence electrons. The van der Waals surface area contributed by atoms with Crippen LogP contribution in [0, 0.1) is 5.92 Å². The van der Waals surface area contributed by atoms with E-state index in [1.165, 1.54) is 0 Å². The van der Waals surface area contributed by atoms with Crippen LogP contribution < -0.4 is 5.73 Å². The number of likely N-dealkylation sites (tertiary alicyclic amines) is 1. The summed E-state index contributed by atoms with van der Waals surface area (Å²) in [6.45, 7) is 5.13. The van der Waals surface area contributed by atoms with E-state index in [9.17, 15) is 13.2 Å². The molecule has 1 heterocycles. The highest BCUT2D eigenvalue weighted by Crippen LogP contribution is 2.10. The van der Waals surface area contributed by atoms with Gasteiger partial charge in [0.15, 0.2) is 9.84 Å². The average molecular weight is 262 g/mol. The number of carbonyl (C=O) groups excluding carboxylic acids is 1. The normalized spacial score (nSPS) is 18.7. The minimum Gasteiger partial charge on any atom is -0.342 e. The zero-order valence-electron chi connectivity index (χ0n) is 10.6. The van der Waals surface area contributed by atoms with Crippen LogP contribution in [0.3, 0.4) is 0 Å². The summed E-state index contributed by atoms with van der Waals surface area (Å²) in [7, 11) is -3.38. The number of hydrogen-bond acceptors (Lipinski definition) is 4. The van der Waals surface area contributed by atoms with Crippen molar-refractivity contribution in [3.63, 3.8) is 0 Å². The molecule has 1 atom stereocenters. The third-order valence-electron chi connectivity index (χ3n) is 3.10. The maximum absolute atomic E-state index is 11.8. The largest absolute Gasteiger partial charge is 0.342 e. The van der Waals surface area contributed by atoms with Crippen LogP contribution in [0.5, 0.6) is 0 Å². The molecule has 0 aromatic rings. The molecule has 17 heavy (non-hydrogen) atoms. The zero-order valence-corrected chi connectivity index (χ0v) is 11.4. The molecule has 5 nitrogen and oxygen atoms in total. The predicted octanol–water partition coefficient (Wildman–Crippen LogP) is 0.00690. The summed E-state index contributed by atoms with van der Waals surface area (Å²) in [5.74, 6) is -0.678. The Labute approximate surface area is 103 Å². The van der Waals surface area contributed by atoms with Gasteiger partial charge >= 0.3 is 0 Å². The monoisotopic (exact) mass is 262 g/mol. The molecule has 2 N–H and O–H groups in total. The Morgan fingerprint density at radius 1 is 1.29 bits per heavy atom. The van der Waals surface area contributed by atoms with Crippen molar-refractivity contribution in [2.24, 2.45) is 11.7 Å². The molecule has 1 amide bonds. The number of amides is 1. The summed E-state index contributed by atoms with van der Waals surface area (Å²) >= 11 is 0. The summed E-state index contributed by atoms with van der Waals surface area (Å²) in [5.41, 5.74) is 5.73. The van der Waals surface area contributed by atoms with Crippen molar-refractivity contribution in [3.05, 3.63) is 0 Å². The fraction of sp³-hybridized carbons (Fsp3) is 0.909. The van der Waals surface area contributed by atoms with Crippen molar-refractivity contribution in [2.45, 2.75) is 32.7 Å². The molecule has 1 aliphatic rings. The summed E-state index contributed by atoms with van der Waals surface area (Å²) in [6.07, 6.45) is 1.94. The van der Waals surface area contributed by atoms with Crippen molar-refractivity contribution in [2.75, 3.05) is 24.6 Å². The topological polar surface area (TPSA) is 80.5 Å². The lowest BCUT2D eigenvalue weighted by molar-refractivity contribution is -0.127. The molecular formula is C11H22N2O3S. The Morgan fingerprint density at radius 2 is 1.82 bits per heavy atom. The molecule has 1 unspecified atom stereocenters. The number of rotatable bonds is 5. The standard InChI is InChI=1S/C11H22N2O3S/c1-9(2)10(12)7-17(15,16)8-11(14)13-5-3-4-6-13/h9-10H,3-8,12H2,1-2H3. The Morgan fingerprint density at radius 3 is 2.29 bits per heavy atom. The highest BCUT2D eigenvalue weighted by molar-refractivity contribution is 7.92. The van der Waals surface area contributed by atoms with Gasteiger partial charge in [0.1, 0.15) is 5.75 Å². The van der Waals surface area contributed by atoms with Crippen molar-refractivity contribution >= 4 is 15.7 Å². The lowest BCUT2D eigenvalue weighted by atomic mass is 10.1. The van der Waals surface area contributed by atoms with Crippen LogP contribution in [-0.2, 0) is 14.6 Å². The minimum absolute atomic E-state index is 0.103. The second kappa shape index (κ2) is 5.82. The quantitative estimate of drug-likeness (QED) is 0.756. The van der Waals surface area contributed by atoms with Crippen LogP contribution in [0.2, 0.25) is 0 Å². The molecule has 0 saturated carbocycles. The maximum Gasteiger partial charge on any atom is 0.237 e. The molecule has 0 spiro atoms. The van der Waals surface area contributed by atoms with Gasteiger partial charge in [-0.2, -0.15) is 0 Å². The first-order valence-corrected chi connectivity index (χ1v) is 7.88. The van der Waals surface area contributed by atoms with Crippen molar-refractivity contribution in [1.82, 2.24) is 4.90 Å². The molecule has 0 aromatic heterocycles. The molecule has 0 radical (unpaired) electrons. The molecule has 1 aliphatic heterocycles. The van der Waals surface area contributed by atoms with Gasteiger partial charge in [0.2, 0.25) is 5.91 Å². The first-order chi connectivity index (χ1) is 7.82. The second-order valence-electron chi connectivity index (χ2n) is 5.05. The summed E-state index contributed by atoms with van der Waals surface area (Å²) in [6, 6.07) is -0.397. The van der Waals surface area contributed by atoms with Gasteiger partial charge in [-0.15, -0.1) is 0 Å². The van der Waals surface area contributed by atoms with Crippen molar-refractivity contribution in [3.8, 4) is 0 Å². The van der Waals surface area contributed by atoms with Crippen molar-refractivity contribution in [1.29, 1.82) is 0 Å². The highest BCUT2D eigenvalue weighted by Gasteiger charge is 2.26. The van der Waals surface area contributed by atoms with E-state index in [1.807, 2.05) is 13.8 Å². The van der Waals surface area contributed by atoms with E-state index in [1.54, 1.807) is 4.90 Å². The van der Waals surface area contributed by atoms with E-state index >= 15 is 0 Å². The Bertz CT molecular complexity index is 359. The number of hydrogen-bond donors (Lipinski definition) is 1. The van der Waals surface area contributed by atoms with Crippen LogP contribution in [-0.4, -0.2) is 49.9 Å². The molecule has 0 aliphatic carbocycles. The van der Waals surface area contributed by atoms with Gasteiger partial charge in [-0.25, -0.2) is 8.42 Å². The van der Waals surface area contributed by atoms with Crippen molar-refractivity contribution < 1.29 is 13.2 Å². The molecular weight excluding hydrogens is 240 g/mol. The fourth-order valence-electron chi connectivity index (χ4n) is 1.79. The van der Waals surface area contributed by atoms with E-state index in [0.29, 0.717) is 13.1 Å². The molecule has 1 fully saturated rings. The molecule has 1 rings (SSSR count). The van der Waals surface area contributed by atoms with Gasteiger partial charge in [0.05, 0.1) is 5.75 Å². The van der Waals surface area contributed by atoms with Gasteiger partial charge < -0.3 is 10.6 Å². The van der Waals surface area contributed by atoms with Gasteiger partial charge in [-0.1, -0.05) is 13.8 Å². The Kier molecular flexibility index (Phi) is 4.94. The molecule has 6 heteroatoms. The van der Waals surface area contributed by atoms with E-state index < -0.39 is 21.6 Å². The van der Waals surface area contributed by atoms with Crippen LogP contribution >= 0.6 is 0 Å². The summed E-state index contributed by atoms with van der Waals surface area (Å²) in [5, 5.41) is 0. The summed E-state index contributed by atoms with van der Waals surface area (Å²) < 4.78 is 23.6. The number of sulfone groups is 1. The first-order valence-electron chi connectivity index (χ1n) is 6.05. The average Bonchev–Trinajstić information content (AvgIpc) is 2.68. The number of nitrogens with two attached hydrogens (primary N) is 1. The maximum atomic E-state index is 11.8. The van der Waals surface area contributed by atoms with Crippen LogP contribution in [0.1, 0.15) is 26.7 Å². The van der Waals surface area contributed by atoms with E-state index in [0.717, 1.165) is 12.8 Å². The highest BCUT2D eigenvalue weighted by atomic mass is 32.2. The molecule has 0 bridgehead atoms. The lowest BCUT2D eigenvalue weighted by Gasteiger charge is -2.18. The Balaban J connectivity index is 2.51. The second-order valence-corrected chi connectivity index (χ2v) is 7.16. The Hall–Kier alpha value is -0.620. The van der Waals surface area contributed by atoms with Gasteiger partial charge in [-0.3, -0.25) is 4.79 Å². The van der Waals surface area contributed by atoms with E-state index in [2.05, 4.69) is 0 Å². The third-order valence-corrected chi connectivity index (χ3v) is 4.68. The van der Waals surface area contributed by atoms with Gasteiger partial charge in [0, 0.05) is 19.1 Å².